The number of hydrogen-bond acceptors (Lipinski definition) is 7. The average molecular weight is 781 g/mol. The molecule has 0 aromatic heterocycles. The van der Waals surface area contributed by atoms with E-state index < -0.39 is 70.2 Å². The van der Waals surface area contributed by atoms with Crippen molar-refractivity contribution >= 4 is 33.7 Å². The summed E-state index contributed by atoms with van der Waals surface area (Å²) in [4.78, 5) is 32.0. The van der Waals surface area contributed by atoms with Crippen LogP contribution in [0.2, 0.25) is 0 Å². The lowest BCUT2D eigenvalue weighted by atomic mass is 9.89. The number of nitrogens with zero attached hydrogens (tertiary/aromatic N) is 3. The predicted molar refractivity (Wildman–Crippen MR) is 176 cm³/mol. The van der Waals surface area contributed by atoms with Crippen LogP contribution in [0.25, 0.3) is 6.08 Å². The Balaban J connectivity index is 1.26. The molecule has 5 rings (SSSR count). The summed E-state index contributed by atoms with van der Waals surface area (Å²) in [5.41, 5.74) is -2.66. The van der Waals surface area contributed by atoms with E-state index in [1.807, 2.05) is 0 Å². The van der Waals surface area contributed by atoms with Gasteiger partial charge in [-0.3, -0.25) is 14.6 Å². The van der Waals surface area contributed by atoms with Gasteiger partial charge in [0.25, 0.3) is 11.8 Å². The first-order valence-electron chi connectivity index (χ1n) is 16.4. The zero-order valence-electron chi connectivity index (χ0n) is 28.5. The number of carbonyl (C=O) groups is 2. The number of amides is 2. The van der Waals surface area contributed by atoms with E-state index in [-0.39, 0.29) is 69.2 Å². The summed E-state index contributed by atoms with van der Waals surface area (Å²) in [7, 11) is -4.05. The van der Waals surface area contributed by atoms with Gasteiger partial charge in [-0.25, -0.2) is 21.6 Å². The van der Waals surface area contributed by atoms with Crippen LogP contribution in [0.15, 0.2) is 40.7 Å². The van der Waals surface area contributed by atoms with Gasteiger partial charge in [0.05, 0.1) is 11.2 Å². The number of ether oxygens (including phenoxy) is 1. The minimum Gasteiger partial charge on any atom is -0.486 e. The van der Waals surface area contributed by atoms with E-state index in [0.29, 0.717) is 34.4 Å². The van der Waals surface area contributed by atoms with E-state index in [1.54, 1.807) is 26.0 Å². The molecular formula is C34H36F8N4O6S. The van der Waals surface area contributed by atoms with Crippen LogP contribution in [0.3, 0.4) is 0 Å². The highest BCUT2D eigenvalue weighted by molar-refractivity contribution is 7.92. The number of carbonyl (C=O) groups excluding carboxylic acids is 2. The molecule has 3 aliphatic rings. The first-order chi connectivity index (χ1) is 24.6. The number of aliphatic imine (C=N–C) groups is 1. The maximum Gasteiger partial charge on any atom is 0.419 e. The summed E-state index contributed by atoms with van der Waals surface area (Å²) in [6.45, 7) is 0.531. The Labute approximate surface area is 299 Å². The van der Waals surface area contributed by atoms with Crippen molar-refractivity contribution in [3.05, 3.63) is 69.1 Å². The maximum absolute atomic E-state index is 13.8. The minimum atomic E-state index is -5.16. The topological polar surface area (TPSA) is 129 Å². The third-order valence-corrected chi connectivity index (χ3v) is 11.2. The van der Waals surface area contributed by atoms with Crippen LogP contribution < -0.4 is 10.1 Å². The number of hydrogen-bond donors (Lipinski definition) is 2. The van der Waals surface area contributed by atoms with Crippen LogP contribution in [-0.4, -0.2) is 103 Å². The van der Waals surface area contributed by atoms with Crippen molar-refractivity contribution in [3.8, 4) is 5.75 Å². The summed E-state index contributed by atoms with van der Waals surface area (Å²) in [6.07, 6.45) is -7.97. The molecule has 19 heteroatoms. The lowest BCUT2D eigenvalue weighted by Crippen LogP contribution is -2.50. The van der Waals surface area contributed by atoms with Crippen LogP contribution in [0, 0.1) is 13.8 Å². The molecule has 290 valence electrons. The molecule has 2 aromatic rings. The van der Waals surface area contributed by atoms with E-state index in [0.717, 1.165) is 15.8 Å². The second-order valence-corrected chi connectivity index (χ2v) is 15.2. The van der Waals surface area contributed by atoms with Crippen LogP contribution in [-0.2, 0) is 21.0 Å². The van der Waals surface area contributed by atoms with Crippen molar-refractivity contribution in [3.63, 3.8) is 0 Å². The molecule has 0 bridgehead atoms. The molecule has 2 N–H and O–H groups in total. The number of nitrogens with one attached hydrogen (secondary N) is 1. The fraction of sp³-hybridized carbons (Fsp3) is 0.500. The number of halogens is 8. The number of rotatable bonds is 10. The van der Waals surface area contributed by atoms with Gasteiger partial charge in [0.2, 0.25) is 10.0 Å². The normalized spacial score (nSPS) is 19.6. The summed E-state index contributed by atoms with van der Waals surface area (Å²) in [5, 5.41) is 13.5. The second kappa shape index (κ2) is 14.6. The molecule has 2 saturated heterocycles. The van der Waals surface area contributed by atoms with Gasteiger partial charge in [0.1, 0.15) is 23.8 Å². The van der Waals surface area contributed by atoms with Gasteiger partial charge in [-0.05, 0) is 92.6 Å². The Bertz CT molecular complexity index is 1900. The fourth-order valence-corrected chi connectivity index (χ4v) is 7.58. The summed E-state index contributed by atoms with van der Waals surface area (Å²) >= 11 is 0. The number of piperidine rings is 2. The zero-order valence-corrected chi connectivity index (χ0v) is 29.3. The first-order valence-corrected chi connectivity index (χ1v) is 17.9. The Morgan fingerprint density at radius 3 is 2.17 bits per heavy atom. The van der Waals surface area contributed by atoms with Crippen LogP contribution in [0.4, 0.5) is 35.1 Å². The maximum atomic E-state index is 13.8. The van der Waals surface area contributed by atoms with Crippen molar-refractivity contribution in [2.75, 3.05) is 39.5 Å². The molecule has 3 aliphatic heterocycles. The van der Waals surface area contributed by atoms with Gasteiger partial charge in [-0.1, -0.05) is 0 Å². The summed E-state index contributed by atoms with van der Waals surface area (Å²) < 4.78 is 138. The molecule has 0 atom stereocenters. The standard InChI is InChI=1S/C34H36F8N4O6S/c1-20-15-23(28(47)45-10-6-31(49,18-35)7-11-45)16-21(2)24(20)5-14-53(50,51)46-12-8-32(9-13-46)30(48)43-27(44-32)22-3-4-26(25(17-22)34(40,41)42)52-19-33(38,39)29(36)37/h3-5,14-17,29,49H,6-13,18-19H2,1-2H3,(H,43,44,48). The molecule has 0 aliphatic carbocycles. The third kappa shape index (κ3) is 8.51. The zero-order chi connectivity index (χ0) is 39.1. The number of aliphatic hydroxyl groups is 1. The predicted octanol–water partition coefficient (Wildman–Crippen LogP) is 5.25. The van der Waals surface area contributed by atoms with Gasteiger partial charge in [0, 0.05) is 42.7 Å². The number of sulfonamides is 1. The molecule has 2 amide bonds. The van der Waals surface area contributed by atoms with Crippen molar-refractivity contribution in [2.24, 2.45) is 4.99 Å². The fourth-order valence-electron chi connectivity index (χ4n) is 6.41. The third-order valence-electron chi connectivity index (χ3n) is 9.67. The van der Waals surface area contributed by atoms with Crippen molar-refractivity contribution < 1.29 is 63.0 Å². The number of amidine groups is 1. The van der Waals surface area contributed by atoms with Gasteiger partial charge < -0.3 is 20.1 Å². The molecule has 0 saturated carbocycles. The van der Waals surface area contributed by atoms with Crippen LogP contribution >= 0.6 is 0 Å². The first kappa shape index (κ1) is 40.1. The van der Waals surface area contributed by atoms with Gasteiger partial charge in [-0.2, -0.15) is 26.3 Å². The highest BCUT2D eigenvalue weighted by atomic mass is 32.2. The van der Waals surface area contributed by atoms with Crippen molar-refractivity contribution in [1.29, 1.82) is 0 Å². The molecule has 10 nitrogen and oxygen atoms in total. The largest absolute Gasteiger partial charge is 0.486 e. The smallest absolute Gasteiger partial charge is 0.419 e. The highest BCUT2D eigenvalue weighted by Crippen LogP contribution is 2.39. The summed E-state index contributed by atoms with van der Waals surface area (Å²) in [5.74, 6) is -7.10. The monoisotopic (exact) mass is 780 g/mol. The number of likely N-dealkylation sites (tertiary alicyclic amines) is 1. The highest BCUT2D eigenvalue weighted by Gasteiger charge is 2.48. The Morgan fingerprint density at radius 1 is 1.02 bits per heavy atom. The van der Waals surface area contributed by atoms with Gasteiger partial charge in [-0.15, -0.1) is 0 Å². The van der Waals surface area contributed by atoms with Gasteiger partial charge in [0.15, 0.2) is 6.61 Å². The second-order valence-electron chi connectivity index (χ2n) is 13.4. The molecule has 1 spiro atoms. The molecular weight excluding hydrogens is 744 g/mol. The molecule has 0 unspecified atom stereocenters. The van der Waals surface area contributed by atoms with E-state index in [9.17, 15) is 58.2 Å². The Kier molecular flexibility index (Phi) is 11.1. The van der Waals surface area contributed by atoms with Crippen molar-refractivity contribution in [2.45, 2.75) is 69.2 Å². The van der Waals surface area contributed by atoms with Crippen LogP contribution in [0.1, 0.15) is 63.9 Å². The molecule has 3 heterocycles. The van der Waals surface area contributed by atoms with Crippen LogP contribution in [0.5, 0.6) is 5.75 Å². The van der Waals surface area contributed by atoms with E-state index in [1.165, 1.54) is 11.0 Å². The van der Waals surface area contributed by atoms with Crippen molar-refractivity contribution in [1.82, 2.24) is 14.5 Å². The quantitative estimate of drug-likeness (QED) is 0.318. The van der Waals surface area contributed by atoms with E-state index in [2.05, 4.69) is 15.0 Å². The van der Waals surface area contributed by atoms with Gasteiger partial charge >= 0.3 is 18.5 Å². The number of benzene rings is 2. The number of alkyl halides is 8. The minimum absolute atomic E-state index is 0.108. The molecule has 53 heavy (non-hydrogen) atoms. The van der Waals surface area contributed by atoms with E-state index in [4.69, 9.17) is 0 Å². The molecule has 2 fully saturated rings. The lowest BCUT2D eigenvalue weighted by molar-refractivity contribution is -0.153. The SMILES string of the molecule is Cc1cc(C(=O)N2CCC(O)(CF)CC2)cc(C)c1C=CS(=O)(=O)N1CCC2(CC1)N=C(c1ccc(OCC(F)(F)C(F)F)c(C(F)(F)F)c1)NC2=O. The lowest BCUT2D eigenvalue weighted by Gasteiger charge is -2.36. The Hall–Kier alpha value is -4.10. The summed E-state index contributed by atoms with van der Waals surface area (Å²) in [6, 6.07) is 5.34. The number of aryl methyl sites for hydroxylation is 2. The Morgan fingerprint density at radius 2 is 1.62 bits per heavy atom. The molecule has 0 radical (unpaired) electrons. The average Bonchev–Trinajstić information content (AvgIpc) is 3.41. The van der Waals surface area contributed by atoms with E-state index >= 15 is 0 Å². The molecule has 2 aromatic carbocycles.